The van der Waals surface area contributed by atoms with Gasteiger partial charge in [0.05, 0.1) is 12.9 Å². The molecule has 0 radical (unpaired) electrons. The minimum atomic E-state index is -0.265. The van der Waals surface area contributed by atoms with Crippen LogP contribution in [0.2, 0.25) is 0 Å². The third-order valence-corrected chi connectivity index (χ3v) is 3.38. The first-order valence-electron chi connectivity index (χ1n) is 5.80. The fourth-order valence-corrected chi connectivity index (χ4v) is 2.16. The second-order valence-corrected chi connectivity index (χ2v) is 4.80. The lowest BCUT2D eigenvalue weighted by molar-refractivity contribution is -0.131. The quantitative estimate of drug-likeness (QED) is 0.475. The van der Waals surface area contributed by atoms with Crippen LogP contribution in [0.15, 0.2) is 59.5 Å². The van der Waals surface area contributed by atoms with Crippen LogP contribution in [0.3, 0.4) is 0 Å². The molecule has 0 aliphatic rings. The Morgan fingerprint density at radius 3 is 2.26 bits per heavy atom. The summed E-state index contributed by atoms with van der Waals surface area (Å²) in [6.07, 6.45) is 0. The molecule has 3 nitrogen and oxygen atoms in total. The van der Waals surface area contributed by atoms with Gasteiger partial charge in [-0.05, 0) is 36.4 Å². The minimum absolute atomic E-state index is 0.265. The van der Waals surface area contributed by atoms with E-state index in [0.29, 0.717) is 5.75 Å². The molecule has 0 aliphatic carbocycles. The maximum absolute atomic E-state index is 11.7. The van der Waals surface area contributed by atoms with Crippen LogP contribution in [0.25, 0.3) is 0 Å². The lowest BCUT2D eigenvalue weighted by Gasteiger charge is -2.05. The zero-order chi connectivity index (χ0) is 13.5. The summed E-state index contributed by atoms with van der Waals surface area (Å²) < 4.78 is 10.3. The molecule has 0 bridgehead atoms. The van der Waals surface area contributed by atoms with E-state index < -0.39 is 0 Å². The van der Waals surface area contributed by atoms with Crippen molar-refractivity contribution < 1.29 is 14.3 Å². The van der Waals surface area contributed by atoms with Gasteiger partial charge in [0.15, 0.2) is 0 Å². The Bertz CT molecular complexity index is 523. The highest BCUT2D eigenvalue weighted by Crippen LogP contribution is 2.20. The second-order valence-electron chi connectivity index (χ2n) is 3.75. The van der Waals surface area contributed by atoms with Gasteiger partial charge in [0.2, 0.25) is 0 Å². The van der Waals surface area contributed by atoms with Gasteiger partial charge >= 0.3 is 5.97 Å². The average Bonchev–Trinajstić information content (AvgIpc) is 2.47. The van der Waals surface area contributed by atoms with Gasteiger partial charge in [-0.2, -0.15) is 0 Å². The van der Waals surface area contributed by atoms with Crippen LogP contribution in [0.5, 0.6) is 11.5 Å². The number of rotatable bonds is 5. The highest BCUT2D eigenvalue weighted by atomic mass is 32.2. The molecule has 0 heterocycles. The van der Waals surface area contributed by atoms with E-state index in [2.05, 4.69) is 0 Å². The zero-order valence-electron chi connectivity index (χ0n) is 10.5. The van der Waals surface area contributed by atoms with Crippen molar-refractivity contribution in [2.24, 2.45) is 0 Å². The zero-order valence-corrected chi connectivity index (χ0v) is 11.4. The van der Waals surface area contributed by atoms with Crippen LogP contribution < -0.4 is 9.47 Å². The third kappa shape index (κ3) is 4.34. The van der Waals surface area contributed by atoms with E-state index in [1.807, 2.05) is 30.3 Å². The Hall–Kier alpha value is -1.94. The standard InChI is InChI=1S/C15H14O3S/c1-17-12-7-9-13(10-8-12)18-15(16)11-19-14-5-3-2-4-6-14/h2-10H,11H2,1H3. The number of benzene rings is 2. The van der Waals surface area contributed by atoms with Crippen molar-refractivity contribution in [3.8, 4) is 11.5 Å². The van der Waals surface area contributed by atoms with E-state index in [0.717, 1.165) is 10.6 Å². The molecular formula is C15H14O3S. The number of carbonyl (C=O) groups excluding carboxylic acids is 1. The van der Waals surface area contributed by atoms with Crippen LogP contribution in [-0.2, 0) is 4.79 Å². The Morgan fingerprint density at radius 2 is 1.63 bits per heavy atom. The smallest absolute Gasteiger partial charge is 0.321 e. The molecule has 0 aliphatic heterocycles. The van der Waals surface area contributed by atoms with Crippen molar-refractivity contribution >= 4 is 17.7 Å². The summed E-state index contributed by atoms with van der Waals surface area (Å²) in [4.78, 5) is 12.7. The molecule has 19 heavy (non-hydrogen) atoms. The van der Waals surface area contributed by atoms with Crippen molar-refractivity contribution in [3.63, 3.8) is 0 Å². The summed E-state index contributed by atoms with van der Waals surface area (Å²) in [5.41, 5.74) is 0. The first-order chi connectivity index (χ1) is 9.28. The number of hydrogen-bond acceptors (Lipinski definition) is 4. The number of esters is 1. The largest absolute Gasteiger partial charge is 0.497 e. The van der Waals surface area contributed by atoms with Crippen LogP contribution in [0, 0.1) is 0 Å². The summed E-state index contributed by atoms with van der Waals surface area (Å²) in [5, 5.41) is 0. The molecule has 2 aromatic carbocycles. The number of ether oxygens (including phenoxy) is 2. The van der Waals surface area contributed by atoms with Crippen molar-refractivity contribution in [3.05, 3.63) is 54.6 Å². The van der Waals surface area contributed by atoms with E-state index in [-0.39, 0.29) is 11.7 Å². The molecule has 2 rings (SSSR count). The maximum atomic E-state index is 11.7. The van der Waals surface area contributed by atoms with Gasteiger partial charge in [0, 0.05) is 4.90 Å². The lowest BCUT2D eigenvalue weighted by atomic mass is 10.3. The molecule has 2 aromatic rings. The highest BCUT2D eigenvalue weighted by Gasteiger charge is 2.06. The van der Waals surface area contributed by atoms with Crippen LogP contribution in [-0.4, -0.2) is 18.8 Å². The van der Waals surface area contributed by atoms with Crippen LogP contribution in [0.4, 0.5) is 0 Å². The molecule has 0 fully saturated rings. The lowest BCUT2D eigenvalue weighted by Crippen LogP contribution is -2.10. The number of hydrogen-bond donors (Lipinski definition) is 0. The van der Waals surface area contributed by atoms with Crippen molar-refractivity contribution in [2.75, 3.05) is 12.9 Å². The van der Waals surface area contributed by atoms with Gasteiger partial charge in [0.1, 0.15) is 11.5 Å². The van der Waals surface area contributed by atoms with Crippen LogP contribution >= 0.6 is 11.8 Å². The Morgan fingerprint density at radius 1 is 1.00 bits per heavy atom. The molecule has 4 heteroatoms. The fraction of sp³-hybridized carbons (Fsp3) is 0.133. The highest BCUT2D eigenvalue weighted by molar-refractivity contribution is 8.00. The predicted octanol–water partition coefficient (Wildman–Crippen LogP) is 3.39. The second kappa shape index (κ2) is 6.85. The number of thioether (sulfide) groups is 1. The normalized spacial score (nSPS) is 9.95. The Kier molecular flexibility index (Phi) is 4.86. The number of carbonyl (C=O) groups is 1. The van der Waals surface area contributed by atoms with Crippen molar-refractivity contribution in [1.82, 2.24) is 0 Å². The summed E-state index contributed by atoms with van der Waals surface area (Å²) in [6, 6.07) is 16.7. The molecule has 0 saturated heterocycles. The predicted molar refractivity (Wildman–Crippen MR) is 75.8 cm³/mol. The molecule has 0 atom stereocenters. The van der Waals surface area contributed by atoms with Gasteiger partial charge in [-0.15, -0.1) is 11.8 Å². The molecule has 0 unspecified atom stereocenters. The first kappa shape index (κ1) is 13.5. The average molecular weight is 274 g/mol. The number of methoxy groups -OCH3 is 1. The molecule has 0 aromatic heterocycles. The van der Waals surface area contributed by atoms with Gasteiger partial charge in [-0.3, -0.25) is 4.79 Å². The minimum Gasteiger partial charge on any atom is -0.497 e. The first-order valence-corrected chi connectivity index (χ1v) is 6.79. The van der Waals surface area contributed by atoms with E-state index in [1.54, 1.807) is 31.4 Å². The Labute approximate surface area is 116 Å². The summed E-state index contributed by atoms with van der Waals surface area (Å²) in [5.74, 6) is 1.28. The van der Waals surface area contributed by atoms with E-state index in [1.165, 1.54) is 11.8 Å². The van der Waals surface area contributed by atoms with Crippen molar-refractivity contribution in [1.29, 1.82) is 0 Å². The van der Waals surface area contributed by atoms with Gasteiger partial charge in [-0.1, -0.05) is 18.2 Å². The molecular weight excluding hydrogens is 260 g/mol. The van der Waals surface area contributed by atoms with Crippen molar-refractivity contribution in [2.45, 2.75) is 4.90 Å². The monoisotopic (exact) mass is 274 g/mol. The molecule has 98 valence electrons. The Balaban J connectivity index is 1.83. The third-order valence-electron chi connectivity index (χ3n) is 2.39. The summed E-state index contributed by atoms with van der Waals surface area (Å²) in [6.45, 7) is 0. The SMILES string of the molecule is COc1ccc(OC(=O)CSc2ccccc2)cc1. The van der Waals surface area contributed by atoms with E-state index in [9.17, 15) is 4.79 Å². The molecule has 0 saturated carbocycles. The van der Waals surface area contributed by atoms with Gasteiger partial charge in [-0.25, -0.2) is 0 Å². The summed E-state index contributed by atoms with van der Waals surface area (Å²) >= 11 is 1.46. The molecule has 0 N–H and O–H groups in total. The van der Waals surface area contributed by atoms with Crippen LogP contribution in [0.1, 0.15) is 0 Å². The molecule has 0 spiro atoms. The molecule has 0 amide bonds. The summed E-state index contributed by atoms with van der Waals surface area (Å²) in [7, 11) is 1.59. The van der Waals surface area contributed by atoms with E-state index in [4.69, 9.17) is 9.47 Å². The van der Waals surface area contributed by atoms with E-state index >= 15 is 0 Å². The maximum Gasteiger partial charge on any atom is 0.321 e. The fourth-order valence-electron chi connectivity index (χ4n) is 1.46. The van der Waals surface area contributed by atoms with Gasteiger partial charge in [0.25, 0.3) is 0 Å². The van der Waals surface area contributed by atoms with Gasteiger partial charge < -0.3 is 9.47 Å². The topological polar surface area (TPSA) is 35.5 Å².